The molecule has 0 radical (unpaired) electrons. The molecular formula is C17H17NO5. The summed E-state index contributed by atoms with van der Waals surface area (Å²) in [6.45, 7) is 1.38. The molecule has 0 spiro atoms. The number of methoxy groups -OCH3 is 1. The number of ether oxygens (including phenoxy) is 1. The SMILES string of the molecule is COc1ccc2cc(C(=O)CCC(=O)O)cc(NC(C)=O)c2c1. The molecule has 1 amide bonds. The monoisotopic (exact) mass is 315 g/mol. The summed E-state index contributed by atoms with van der Waals surface area (Å²) in [6.07, 6.45) is -0.314. The van der Waals surface area contributed by atoms with Gasteiger partial charge in [-0.1, -0.05) is 6.07 Å². The fourth-order valence-corrected chi connectivity index (χ4v) is 2.28. The molecule has 23 heavy (non-hydrogen) atoms. The number of ketones is 1. The molecule has 6 heteroatoms. The van der Waals surface area contributed by atoms with Crippen LogP contribution in [0.25, 0.3) is 10.8 Å². The lowest BCUT2D eigenvalue weighted by Gasteiger charge is -2.11. The first-order valence-corrected chi connectivity index (χ1v) is 7.05. The number of rotatable bonds is 6. The summed E-state index contributed by atoms with van der Waals surface area (Å²) in [7, 11) is 1.54. The van der Waals surface area contributed by atoms with Crippen LogP contribution in [0, 0.1) is 0 Å². The van der Waals surface area contributed by atoms with Crippen LogP contribution < -0.4 is 10.1 Å². The molecule has 0 aromatic heterocycles. The highest BCUT2D eigenvalue weighted by Gasteiger charge is 2.13. The third-order valence-corrected chi connectivity index (χ3v) is 3.36. The lowest BCUT2D eigenvalue weighted by molar-refractivity contribution is -0.137. The summed E-state index contributed by atoms with van der Waals surface area (Å²) in [4.78, 5) is 34.2. The second-order valence-corrected chi connectivity index (χ2v) is 5.11. The molecule has 6 nitrogen and oxygen atoms in total. The molecule has 0 aliphatic heterocycles. The van der Waals surface area contributed by atoms with E-state index in [0.29, 0.717) is 17.0 Å². The van der Waals surface area contributed by atoms with Gasteiger partial charge in [0.1, 0.15) is 5.75 Å². The highest BCUT2D eigenvalue weighted by atomic mass is 16.5. The Morgan fingerprint density at radius 3 is 2.48 bits per heavy atom. The van der Waals surface area contributed by atoms with E-state index < -0.39 is 5.97 Å². The van der Waals surface area contributed by atoms with Crippen molar-refractivity contribution in [3.8, 4) is 5.75 Å². The number of carbonyl (C=O) groups is 3. The van der Waals surface area contributed by atoms with Crippen LogP contribution in [-0.2, 0) is 9.59 Å². The molecule has 0 saturated carbocycles. The number of hydrogen-bond acceptors (Lipinski definition) is 4. The number of benzene rings is 2. The van der Waals surface area contributed by atoms with E-state index in [1.165, 1.54) is 6.92 Å². The van der Waals surface area contributed by atoms with Crippen LogP contribution in [0.1, 0.15) is 30.1 Å². The van der Waals surface area contributed by atoms with Crippen LogP contribution in [0.4, 0.5) is 5.69 Å². The topological polar surface area (TPSA) is 92.7 Å². The molecule has 2 rings (SSSR count). The van der Waals surface area contributed by atoms with Gasteiger partial charge in [0.15, 0.2) is 5.78 Å². The lowest BCUT2D eigenvalue weighted by Crippen LogP contribution is -2.09. The van der Waals surface area contributed by atoms with Crippen molar-refractivity contribution in [2.45, 2.75) is 19.8 Å². The average Bonchev–Trinajstić information content (AvgIpc) is 2.51. The number of amides is 1. The third-order valence-electron chi connectivity index (χ3n) is 3.36. The summed E-state index contributed by atoms with van der Waals surface area (Å²) in [5.74, 6) is -0.930. The zero-order valence-corrected chi connectivity index (χ0v) is 12.9. The van der Waals surface area contributed by atoms with Gasteiger partial charge in [0.05, 0.1) is 13.5 Å². The molecule has 0 aliphatic rings. The Morgan fingerprint density at radius 2 is 1.87 bits per heavy atom. The van der Waals surface area contributed by atoms with Gasteiger partial charge in [-0.15, -0.1) is 0 Å². The number of fused-ring (bicyclic) bond motifs is 1. The minimum absolute atomic E-state index is 0.0868. The van der Waals surface area contributed by atoms with E-state index >= 15 is 0 Å². The van der Waals surface area contributed by atoms with Crippen molar-refractivity contribution in [2.75, 3.05) is 12.4 Å². The van der Waals surface area contributed by atoms with Crippen LogP contribution in [0.15, 0.2) is 30.3 Å². The van der Waals surface area contributed by atoms with Gasteiger partial charge in [0, 0.05) is 30.0 Å². The molecule has 0 fully saturated rings. The quantitative estimate of drug-likeness (QED) is 0.800. The number of Topliss-reactive ketones (excluding diaryl/α,β-unsaturated/α-hetero) is 1. The van der Waals surface area contributed by atoms with Crippen molar-refractivity contribution in [1.29, 1.82) is 0 Å². The van der Waals surface area contributed by atoms with Crippen LogP contribution in [0.3, 0.4) is 0 Å². The second-order valence-electron chi connectivity index (χ2n) is 5.11. The first-order chi connectivity index (χ1) is 10.9. The van der Waals surface area contributed by atoms with Crippen molar-refractivity contribution < 1.29 is 24.2 Å². The number of carboxylic acids is 1. The van der Waals surface area contributed by atoms with E-state index in [4.69, 9.17) is 9.84 Å². The molecule has 0 saturated heterocycles. The average molecular weight is 315 g/mol. The standard InChI is InChI=1S/C17H17NO5/c1-10(19)18-15-8-12(16(20)5-6-17(21)22)7-11-3-4-13(23-2)9-14(11)15/h3-4,7-9H,5-6H2,1-2H3,(H,18,19)(H,21,22). The predicted octanol–water partition coefficient (Wildman–Crippen LogP) is 2.85. The van der Waals surface area contributed by atoms with Gasteiger partial charge < -0.3 is 15.2 Å². The van der Waals surface area contributed by atoms with E-state index in [0.717, 1.165) is 10.8 Å². The molecule has 120 valence electrons. The van der Waals surface area contributed by atoms with Gasteiger partial charge in [-0.3, -0.25) is 14.4 Å². The van der Waals surface area contributed by atoms with E-state index in [9.17, 15) is 14.4 Å². The highest BCUT2D eigenvalue weighted by molar-refractivity contribution is 6.08. The number of hydrogen-bond donors (Lipinski definition) is 2. The first-order valence-electron chi connectivity index (χ1n) is 7.05. The maximum Gasteiger partial charge on any atom is 0.303 e. The zero-order chi connectivity index (χ0) is 17.0. The van der Waals surface area contributed by atoms with Crippen molar-refractivity contribution in [1.82, 2.24) is 0 Å². The van der Waals surface area contributed by atoms with Crippen molar-refractivity contribution in [3.63, 3.8) is 0 Å². The second kappa shape index (κ2) is 6.91. The normalized spacial score (nSPS) is 10.3. The van der Waals surface area contributed by atoms with Crippen LogP contribution >= 0.6 is 0 Å². The summed E-state index contributed by atoms with van der Waals surface area (Å²) in [5.41, 5.74) is 0.861. The van der Waals surface area contributed by atoms with Crippen LogP contribution in [0.5, 0.6) is 5.75 Å². The van der Waals surface area contributed by atoms with Crippen molar-refractivity contribution in [2.24, 2.45) is 0 Å². The molecule has 0 unspecified atom stereocenters. The number of nitrogens with one attached hydrogen (secondary N) is 1. The molecule has 0 heterocycles. The number of carboxylic acid groups (broad SMARTS) is 1. The highest BCUT2D eigenvalue weighted by Crippen LogP contribution is 2.30. The van der Waals surface area contributed by atoms with Gasteiger partial charge in [-0.25, -0.2) is 0 Å². The number of aliphatic carboxylic acids is 1. The molecule has 2 aromatic carbocycles. The largest absolute Gasteiger partial charge is 0.497 e. The summed E-state index contributed by atoms with van der Waals surface area (Å²) < 4.78 is 5.18. The Labute approximate surface area is 133 Å². The van der Waals surface area contributed by atoms with Gasteiger partial charge in [0.25, 0.3) is 0 Å². The Kier molecular flexibility index (Phi) is 4.95. The fraction of sp³-hybridized carbons (Fsp3) is 0.235. The molecule has 2 N–H and O–H groups in total. The molecule has 0 bridgehead atoms. The molecular weight excluding hydrogens is 298 g/mol. The smallest absolute Gasteiger partial charge is 0.303 e. The van der Waals surface area contributed by atoms with Gasteiger partial charge in [0.2, 0.25) is 5.91 Å². The van der Waals surface area contributed by atoms with E-state index in [-0.39, 0.29) is 24.5 Å². The Bertz CT molecular complexity index is 782. The van der Waals surface area contributed by atoms with Crippen molar-refractivity contribution >= 4 is 34.1 Å². The van der Waals surface area contributed by atoms with Gasteiger partial charge >= 0.3 is 5.97 Å². The first kappa shape index (κ1) is 16.5. The number of carbonyl (C=O) groups excluding carboxylic acids is 2. The minimum Gasteiger partial charge on any atom is -0.497 e. The van der Waals surface area contributed by atoms with E-state index in [2.05, 4.69) is 5.32 Å². The predicted molar refractivity (Wildman–Crippen MR) is 86.0 cm³/mol. The van der Waals surface area contributed by atoms with Crippen molar-refractivity contribution in [3.05, 3.63) is 35.9 Å². The Hall–Kier alpha value is -2.89. The number of anilines is 1. The Balaban J connectivity index is 2.49. The van der Waals surface area contributed by atoms with Gasteiger partial charge in [-0.2, -0.15) is 0 Å². The Morgan fingerprint density at radius 1 is 1.13 bits per heavy atom. The molecule has 2 aromatic rings. The van der Waals surface area contributed by atoms with E-state index in [1.54, 1.807) is 37.4 Å². The zero-order valence-electron chi connectivity index (χ0n) is 12.9. The van der Waals surface area contributed by atoms with Crippen LogP contribution in [-0.4, -0.2) is 29.9 Å². The summed E-state index contributed by atoms with van der Waals surface area (Å²) in [6, 6.07) is 8.56. The lowest BCUT2D eigenvalue weighted by atomic mass is 10.00. The maximum absolute atomic E-state index is 12.2. The van der Waals surface area contributed by atoms with E-state index in [1.807, 2.05) is 0 Å². The maximum atomic E-state index is 12.2. The molecule has 0 atom stereocenters. The summed E-state index contributed by atoms with van der Waals surface area (Å²) >= 11 is 0. The molecule has 0 aliphatic carbocycles. The third kappa shape index (κ3) is 4.06. The minimum atomic E-state index is -1.02. The van der Waals surface area contributed by atoms with Gasteiger partial charge in [-0.05, 0) is 29.7 Å². The summed E-state index contributed by atoms with van der Waals surface area (Å²) in [5, 5.41) is 12.9. The fourth-order valence-electron chi connectivity index (χ4n) is 2.28. The van der Waals surface area contributed by atoms with Crippen LogP contribution in [0.2, 0.25) is 0 Å².